The second kappa shape index (κ2) is 4.07. The maximum absolute atomic E-state index is 11.7. The molecule has 74 valence electrons. The van der Waals surface area contributed by atoms with Crippen LogP contribution in [0.3, 0.4) is 0 Å². The zero-order chi connectivity index (χ0) is 9.10. The van der Waals surface area contributed by atoms with E-state index >= 15 is 0 Å². The fraction of sp³-hybridized carbons (Fsp3) is 0.889. The first kappa shape index (κ1) is 8.97. The molecule has 2 aliphatic rings. The van der Waals surface area contributed by atoms with E-state index in [-0.39, 0.29) is 0 Å². The Kier molecular flexibility index (Phi) is 2.80. The van der Waals surface area contributed by atoms with Crippen LogP contribution in [-0.4, -0.2) is 50.1 Å². The van der Waals surface area contributed by atoms with Gasteiger partial charge in [-0.05, 0) is 19.0 Å². The number of hydrogen-bond acceptors (Lipinski definition) is 3. The fourth-order valence-electron chi connectivity index (χ4n) is 1.78. The second-order valence-corrected chi connectivity index (χ2v) is 3.86. The number of carbonyl (C=O) groups excluding carboxylic acids is 1. The van der Waals surface area contributed by atoms with Crippen molar-refractivity contribution in [1.29, 1.82) is 0 Å². The SMILES string of the molecule is O=C(CC1CNC1)N1CCNCC1. The van der Waals surface area contributed by atoms with Crippen molar-refractivity contribution in [2.24, 2.45) is 5.92 Å². The molecule has 2 N–H and O–H groups in total. The summed E-state index contributed by atoms with van der Waals surface area (Å²) in [7, 11) is 0. The summed E-state index contributed by atoms with van der Waals surface area (Å²) in [6.07, 6.45) is 0.743. The number of rotatable bonds is 2. The molecule has 0 spiro atoms. The van der Waals surface area contributed by atoms with E-state index in [2.05, 4.69) is 10.6 Å². The van der Waals surface area contributed by atoms with Crippen LogP contribution in [0.2, 0.25) is 0 Å². The van der Waals surface area contributed by atoms with E-state index in [0.29, 0.717) is 11.8 Å². The van der Waals surface area contributed by atoms with Crippen molar-refractivity contribution in [3.63, 3.8) is 0 Å². The molecule has 2 aliphatic heterocycles. The average Bonchev–Trinajstić information content (AvgIpc) is 2.12. The first-order chi connectivity index (χ1) is 6.36. The van der Waals surface area contributed by atoms with Crippen LogP contribution in [0, 0.1) is 5.92 Å². The molecule has 1 amide bonds. The number of nitrogens with zero attached hydrogens (tertiary/aromatic N) is 1. The van der Waals surface area contributed by atoms with Gasteiger partial charge in [0.2, 0.25) is 5.91 Å². The van der Waals surface area contributed by atoms with Crippen LogP contribution in [0.25, 0.3) is 0 Å². The molecule has 2 heterocycles. The molecular formula is C9H17N3O. The minimum absolute atomic E-state index is 0.341. The fourth-order valence-corrected chi connectivity index (χ4v) is 1.78. The van der Waals surface area contributed by atoms with E-state index in [1.54, 1.807) is 0 Å². The molecule has 0 aromatic carbocycles. The summed E-state index contributed by atoms with van der Waals surface area (Å²) in [5.74, 6) is 0.940. The van der Waals surface area contributed by atoms with Gasteiger partial charge in [-0.25, -0.2) is 0 Å². The van der Waals surface area contributed by atoms with Gasteiger partial charge in [0.05, 0.1) is 0 Å². The highest BCUT2D eigenvalue weighted by Gasteiger charge is 2.23. The molecule has 2 rings (SSSR count). The molecule has 0 radical (unpaired) electrons. The number of hydrogen-bond donors (Lipinski definition) is 2. The van der Waals surface area contributed by atoms with E-state index in [1.165, 1.54) is 0 Å². The summed E-state index contributed by atoms with van der Waals surface area (Å²) in [6.45, 7) is 5.73. The summed E-state index contributed by atoms with van der Waals surface area (Å²) in [5.41, 5.74) is 0. The molecule has 0 unspecified atom stereocenters. The van der Waals surface area contributed by atoms with E-state index in [4.69, 9.17) is 0 Å². The maximum atomic E-state index is 11.7. The van der Waals surface area contributed by atoms with Gasteiger partial charge in [-0.3, -0.25) is 4.79 Å². The van der Waals surface area contributed by atoms with Crippen molar-refractivity contribution in [1.82, 2.24) is 15.5 Å². The Morgan fingerprint density at radius 3 is 2.46 bits per heavy atom. The monoisotopic (exact) mass is 183 g/mol. The Bertz CT molecular complexity index is 185. The molecule has 2 fully saturated rings. The predicted octanol–water partition coefficient (Wildman–Crippen LogP) is -0.972. The molecule has 0 aromatic rings. The number of carbonyl (C=O) groups is 1. The molecule has 0 saturated carbocycles. The van der Waals surface area contributed by atoms with Crippen molar-refractivity contribution in [2.45, 2.75) is 6.42 Å². The van der Waals surface area contributed by atoms with Crippen LogP contribution in [0.5, 0.6) is 0 Å². The predicted molar refractivity (Wildman–Crippen MR) is 50.4 cm³/mol. The lowest BCUT2D eigenvalue weighted by molar-refractivity contribution is -0.133. The van der Waals surface area contributed by atoms with Gasteiger partial charge in [0.1, 0.15) is 0 Å². The Morgan fingerprint density at radius 1 is 1.23 bits per heavy atom. The van der Waals surface area contributed by atoms with Crippen molar-refractivity contribution in [3.05, 3.63) is 0 Å². The lowest BCUT2D eigenvalue weighted by atomic mass is 9.98. The summed E-state index contributed by atoms with van der Waals surface area (Å²) >= 11 is 0. The maximum Gasteiger partial charge on any atom is 0.223 e. The third-order valence-corrected chi connectivity index (χ3v) is 2.80. The molecule has 0 aromatic heterocycles. The summed E-state index contributed by atoms with van der Waals surface area (Å²) in [6, 6.07) is 0. The quantitative estimate of drug-likeness (QED) is 0.579. The number of nitrogens with one attached hydrogen (secondary N) is 2. The highest BCUT2D eigenvalue weighted by atomic mass is 16.2. The van der Waals surface area contributed by atoms with Crippen LogP contribution < -0.4 is 10.6 Å². The van der Waals surface area contributed by atoms with Gasteiger partial charge in [-0.1, -0.05) is 0 Å². The molecule has 4 nitrogen and oxygen atoms in total. The molecule has 0 bridgehead atoms. The second-order valence-electron chi connectivity index (χ2n) is 3.86. The Morgan fingerprint density at radius 2 is 1.92 bits per heavy atom. The molecule has 0 atom stereocenters. The molecule has 0 aliphatic carbocycles. The highest BCUT2D eigenvalue weighted by molar-refractivity contribution is 5.76. The van der Waals surface area contributed by atoms with Crippen molar-refractivity contribution in [2.75, 3.05) is 39.3 Å². The number of amides is 1. The van der Waals surface area contributed by atoms with Crippen LogP contribution in [-0.2, 0) is 4.79 Å². The molecular weight excluding hydrogens is 166 g/mol. The zero-order valence-corrected chi connectivity index (χ0v) is 7.88. The largest absolute Gasteiger partial charge is 0.340 e. The normalized spacial score (nSPS) is 24.2. The van der Waals surface area contributed by atoms with Gasteiger partial charge in [0.25, 0.3) is 0 Å². The number of piperazine rings is 1. The molecule has 13 heavy (non-hydrogen) atoms. The first-order valence-electron chi connectivity index (χ1n) is 5.05. The van der Waals surface area contributed by atoms with Crippen molar-refractivity contribution in [3.8, 4) is 0 Å². The topological polar surface area (TPSA) is 44.4 Å². The highest BCUT2D eigenvalue weighted by Crippen LogP contribution is 2.10. The van der Waals surface area contributed by atoms with E-state index in [1.807, 2.05) is 4.90 Å². The van der Waals surface area contributed by atoms with Gasteiger partial charge >= 0.3 is 0 Å². The van der Waals surface area contributed by atoms with Gasteiger partial charge in [-0.15, -0.1) is 0 Å². The molecule has 2 saturated heterocycles. The van der Waals surface area contributed by atoms with Crippen LogP contribution in [0.1, 0.15) is 6.42 Å². The van der Waals surface area contributed by atoms with Crippen LogP contribution >= 0.6 is 0 Å². The minimum Gasteiger partial charge on any atom is -0.340 e. The Hall–Kier alpha value is -0.610. The average molecular weight is 183 g/mol. The lowest BCUT2D eigenvalue weighted by Crippen LogP contribution is -2.49. The van der Waals surface area contributed by atoms with Gasteiger partial charge in [0, 0.05) is 32.6 Å². The van der Waals surface area contributed by atoms with Crippen LogP contribution in [0.4, 0.5) is 0 Å². The Balaban J connectivity index is 1.74. The van der Waals surface area contributed by atoms with Crippen molar-refractivity contribution < 1.29 is 4.79 Å². The smallest absolute Gasteiger partial charge is 0.223 e. The third-order valence-electron chi connectivity index (χ3n) is 2.80. The van der Waals surface area contributed by atoms with Gasteiger partial charge in [0.15, 0.2) is 0 Å². The Labute approximate surface area is 78.7 Å². The van der Waals surface area contributed by atoms with Crippen molar-refractivity contribution >= 4 is 5.91 Å². The summed E-state index contributed by atoms with van der Waals surface area (Å²) in [5, 5.41) is 6.43. The zero-order valence-electron chi connectivity index (χ0n) is 7.88. The van der Waals surface area contributed by atoms with E-state index < -0.39 is 0 Å². The van der Waals surface area contributed by atoms with E-state index in [9.17, 15) is 4.79 Å². The lowest BCUT2D eigenvalue weighted by Gasteiger charge is -2.32. The minimum atomic E-state index is 0.341. The summed E-state index contributed by atoms with van der Waals surface area (Å²) < 4.78 is 0. The first-order valence-corrected chi connectivity index (χ1v) is 5.05. The third kappa shape index (κ3) is 2.19. The standard InChI is InChI=1S/C9H17N3O/c13-9(5-8-6-11-7-8)12-3-1-10-2-4-12/h8,10-11H,1-7H2. The van der Waals surface area contributed by atoms with Crippen LogP contribution in [0.15, 0.2) is 0 Å². The summed E-state index contributed by atoms with van der Waals surface area (Å²) in [4.78, 5) is 13.7. The van der Waals surface area contributed by atoms with Gasteiger partial charge in [-0.2, -0.15) is 0 Å². The van der Waals surface area contributed by atoms with Gasteiger partial charge < -0.3 is 15.5 Å². The molecule has 4 heteroatoms. The van der Waals surface area contributed by atoms with E-state index in [0.717, 1.165) is 45.7 Å².